The maximum Gasteiger partial charge on any atom is 0.106 e. The number of alkyl halides is 1. The van der Waals surface area contributed by atoms with Crippen molar-refractivity contribution in [2.45, 2.75) is 44.7 Å². The van der Waals surface area contributed by atoms with Gasteiger partial charge >= 0.3 is 0 Å². The summed E-state index contributed by atoms with van der Waals surface area (Å²) in [6.45, 7) is 2.12. The van der Waals surface area contributed by atoms with Crippen molar-refractivity contribution in [3.8, 4) is 0 Å². The predicted molar refractivity (Wildman–Crippen MR) is 52.4 cm³/mol. The maximum absolute atomic E-state index is 13.9. The third-order valence-electron chi connectivity index (χ3n) is 3.67. The second kappa shape index (κ2) is 4.41. The Balaban J connectivity index is 1.82. The van der Waals surface area contributed by atoms with Crippen molar-refractivity contribution >= 4 is 0 Å². The average Bonchev–Trinajstić information content (AvgIpc) is 2.27. The number of rotatable bonds is 2. The molecule has 2 rings (SSSR count). The lowest BCUT2D eigenvalue weighted by Crippen LogP contribution is -2.30. The summed E-state index contributed by atoms with van der Waals surface area (Å²) in [6, 6.07) is 0. The van der Waals surface area contributed by atoms with Crippen LogP contribution in [0.4, 0.5) is 4.39 Å². The van der Waals surface area contributed by atoms with Crippen LogP contribution in [0.2, 0.25) is 0 Å². The molecule has 2 fully saturated rings. The lowest BCUT2D eigenvalue weighted by atomic mass is 9.76. The molecular weight excluding hydrogens is 165 g/mol. The highest BCUT2D eigenvalue weighted by Gasteiger charge is 2.33. The molecule has 0 spiro atoms. The fraction of sp³-hybridized carbons (Fsp3) is 1.00. The van der Waals surface area contributed by atoms with Crippen LogP contribution in [0.15, 0.2) is 0 Å². The van der Waals surface area contributed by atoms with Gasteiger partial charge in [-0.15, -0.1) is 0 Å². The van der Waals surface area contributed by atoms with Crippen molar-refractivity contribution in [2.75, 3.05) is 13.1 Å². The summed E-state index contributed by atoms with van der Waals surface area (Å²) in [4.78, 5) is 0. The van der Waals surface area contributed by atoms with Gasteiger partial charge in [-0.1, -0.05) is 6.42 Å². The molecule has 0 aromatic heterocycles. The Morgan fingerprint density at radius 2 is 1.62 bits per heavy atom. The highest BCUT2D eigenvalue weighted by molar-refractivity contribution is 4.83. The number of hydrogen-bond donors (Lipinski definition) is 1. The van der Waals surface area contributed by atoms with E-state index in [0.29, 0.717) is 11.8 Å². The molecule has 0 bridgehead atoms. The number of nitrogens with one attached hydrogen (secondary N) is 1. The van der Waals surface area contributed by atoms with Crippen molar-refractivity contribution in [3.05, 3.63) is 0 Å². The first-order valence-electron chi connectivity index (χ1n) is 5.72. The molecule has 1 nitrogen and oxygen atoms in total. The SMILES string of the molecule is FC(C1CCC1)C1CCCNCC1. The standard InChI is InChI=1S/C11H20FN/c12-11(9-3-1-4-9)10-5-2-7-13-8-6-10/h9-11,13H,1-8H2. The molecule has 1 aliphatic carbocycles. The normalized spacial score (nSPS) is 33.5. The lowest BCUT2D eigenvalue weighted by Gasteiger charge is -2.33. The molecule has 2 unspecified atom stereocenters. The predicted octanol–water partition coefficient (Wildman–Crippen LogP) is 2.51. The van der Waals surface area contributed by atoms with Gasteiger partial charge in [0, 0.05) is 0 Å². The minimum absolute atomic E-state index is 0.361. The summed E-state index contributed by atoms with van der Waals surface area (Å²) in [5, 5.41) is 3.34. The minimum atomic E-state index is -0.492. The van der Waals surface area contributed by atoms with Gasteiger partial charge in [0.25, 0.3) is 0 Å². The van der Waals surface area contributed by atoms with Crippen LogP contribution in [0.1, 0.15) is 38.5 Å². The Bertz CT molecular complexity index is 148. The van der Waals surface area contributed by atoms with Gasteiger partial charge in [-0.2, -0.15) is 0 Å². The molecule has 1 N–H and O–H groups in total. The zero-order chi connectivity index (χ0) is 9.10. The molecular formula is C11H20FN. The van der Waals surface area contributed by atoms with Gasteiger partial charge in [-0.25, -0.2) is 4.39 Å². The molecule has 76 valence electrons. The van der Waals surface area contributed by atoms with Crippen molar-refractivity contribution in [1.82, 2.24) is 5.32 Å². The van der Waals surface area contributed by atoms with E-state index in [1.807, 2.05) is 0 Å². The van der Waals surface area contributed by atoms with Gasteiger partial charge in [0.05, 0.1) is 0 Å². The molecule has 1 saturated heterocycles. The molecule has 1 heterocycles. The van der Waals surface area contributed by atoms with E-state index in [4.69, 9.17) is 0 Å². The fourth-order valence-electron chi connectivity index (χ4n) is 2.51. The molecule has 0 amide bonds. The summed E-state index contributed by atoms with van der Waals surface area (Å²) in [6.07, 6.45) is 6.38. The molecule has 2 heteroatoms. The Hall–Kier alpha value is -0.110. The summed E-state index contributed by atoms with van der Waals surface area (Å²) in [7, 11) is 0. The van der Waals surface area contributed by atoms with Crippen LogP contribution >= 0.6 is 0 Å². The van der Waals surface area contributed by atoms with Crippen molar-refractivity contribution < 1.29 is 4.39 Å². The van der Waals surface area contributed by atoms with Crippen molar-refractivity contribution in [3.63, 3.8) is 0 Å². The van der Waals surface area contributed by atoms with E-state index in [1.54, 1.807) is 0 Å². The quantitative estimate of drug-likeness (QED) is 0.697. The third-order valence-corrected chi connectivity index (χ3v) is 3.67. The van der Waals surface area contributed by atoms with Crippen LogP contribution in [0.25, 0.3) is 0 Å². The molecule has 13 heavy (non-hydrogen) atoms. The number of halogens is 1. The minimum Gasteiger partial charge on any atom is -0.317 e. The highest BCUT2D eigenvalue weighted by Crippen LogP contribution is 2.37. The number of hydrogen-bond acceptors (Lipinski definition) is 1. The van der Waals surface area contributed by atoms with E-state index in [2.05, 4.69) is 5.32 Å². The second-order valence-corrected chi connectivity index (χ2v) is 4.58. The molecule has 1 saturated carbocycles. The van der Waals surface area contributed by atoms with Gasteiger partial charge in [0.2, 0.25) is 0 Å². The van der Waals surface area contributed by atoms with Crippen LogP contribution < -0.4 is 5.32 Å². The first-order valence-corrected chi connectivity index (χ1v) is 5.72. The van der Waals surface area contributed by atoms with Crippen molar-refractivity contribution in [1.29, 1.82) is 0 Å². The van der Waals surface area contributed by atoms with Gasteiger partial charge in [-0.3, -0.25) is 0 Å². The Labute approximate surface area is 80.1 Å². The third kappa shape index (κ3) is 2.22. The fourth-order valence-corrected chi connectivity index (χ4v) is 2.51. The Morgan fingerprint density at radius 3 is 2.31 bits per heavy atom. The molecule has 2 aliphatic rings. The van der Waals surface area contributed by atoms with Crippen LogP contribution in [0, 0.1) is 11.8 Å². The van der Waals surface area contributed by atoms with Crippen LogP contribution in [0.5, 0.6) is 0 Å². The lowest BCUT2D eigenvalue weighted by molar-refractivity contribution is 0.0866. The smallest absolute Gasteiger partial charge is 0.106 e. The summed E-state index contributed by atoms with van der Waals surface area (Å²) in [5.74, 6) is 0.781. The zero-order valence-corrected chi connectivity index (χ0v) is 8.27. The van der Waals surface area contributed by atoms with E-state index in [-0.39, 0.29) is 0 Å². The Kier molecular flexibility index (Phi) is 3.20. The van der Waals surface area contributed by atoms with Gasteiger partial charge in [0.1, 0.15) is 6.17 Å². The monoisotopic (exact) mass is 185 g/mol. The largest absolute Gasteiger partial charge is 0.317 e. The van der Waals surface area contributed by atoms with Crippen LogP contribution in [0.3, 0.4) is 0 Å². The summed E-state index contributed by atoms with van der Waals surface area (Å²) >= 11 is 0. The molecule has 2 atom stereocenters. The molecule has 0 radical (unpaired) electrons. The van der Waals surface area contributed by atoms with Crippen LogP contribution in [-0.4, -0.2) is 19.3 Å². The van der Waals surface area contributed by atoms with E-state index >= 15 is 0 Å². The Morgan fingerprint density at radius 1 is 0.923 bits per heavy atom. The summed E-state index contributed by atoms with van der Waals surface area (Å²) in [5.41, 5.74) is 0. The first-order chi connectivity index (χ1) is 6.38. The van der Waals surface area contributed by atoms with E-state index in [0.717, 1.165) is 45.2 Å². The van der Waals surface area contributed by atoms with E-state index < -0.39 is 6.17 Å². The van der Waals surface area contributed by atoms with Gasteiger partial charge < -0.3 is 5.32 Å². The summed E-state index contributed by atoms with van der Waals surface area (Å²) < 4.78 is 13.9. The van der Waals surface area contributed by atoms with Gasteiger partial charge in [0.15, 0.2) is 0 Å². The first kappa shape index (κ1) is 9.45. The van der Waals surface area contributed by atoms with E-state index in [1.165, 1.54) is 6.42 Å². The zero-order valence-electron chi connectivity index (χ0n) is 8.27. The van der Waals surface area contributed by atoms with E-state index in [9.17, 15) is 4.39 Å². The second-order valence-electron chi connectivity index (χ2n) is 4.58. The maximum atomic E-state index is 13.9. The highest BCUT2D eigenvalue weighted by atomic mass is 19.1. The van der Waals surface area contributed by atoms with Crippen molar-refractivity contribution in [2.24, 2.45) is 11.8 Å². The average molecular weight is 185 g/mol. The molecule has 1 aliphatic heterocycles. The van der Waals surface area contributed by atoms with Crippen LogP contribution in [-0.2, 0) is 0 Å². The van der Waals surface area contributed by atoms with Gasteiger partial charge in [-0.05, 0) is 57.0 Å². The molecule has 0 aromatic carbocycles. The molecule has 0 aromatic rings. The topological polar surface area (TPSA) is 12.0 Å².